The van der Waals surface area contributed by atoms with E-state index in [-0.39, 0.29) is 17.5 Å². The van der Waals surface area contributed by atoms with Crippen LogP contribution in [-0.2, 0) is 16.1 Å². The van der Waals surface area contributed by atoms with Crippen LogP contribution in [0.25, 0.3) is 16.7 Å². The summed E-state index contributed by atoms with van der Waals surface area (Å²) < 4.78 is 9.46. The lowest BCUT2D eigenvalue weighted by Crippen LogP contribution is -2.47. The van der Waals surface area contributed by atoms with Crippen LogP contribution in [-0.4, -0.2) is 46.1 Å². The molecule has 0 atom stereocenters. The van der Waals surface area contributed by atoms with Crippen molar-refractivity contribution < 1.29 is 14.3 Å². The predicted octanol–water partition coefficient (Wildman–Crippen LogP) is 4.01. The Morgan fingerprint density at radius 2 is 1.68 bits per heavy atom. The Morgan fingerprint density at radius 1 is 0.921 bits per heavy atom. The molecule has 4 aromatic rings. The molecule has 5 rings (SSSR count). The van der Waals surface area contributed by atoms with E-state index in [1.54, 1.807) is 53.4 Å². The average Bonchev–Trinajstić information content (AvgIpc) is 3.19. The molecule has 38 heavy (non-hydrogen) atoms. The minimum absolute atomic E-state index is 0.128. The van der Waals surface area contributed by atoms with Gasteiger partial charge in [0, 0.05) is 32.4 Å². The van der Waals surface area contributed by atoms with Crippen molar-refractivity contribution in [3.63, 3.8) is 0 Å². The fourth-order valence-corrected chi connectivity index (χ4v) is 5.04. The van der Waals surface area contributed by atoms with Gasteiger partial charge < -0.3 is 14.5 Å². The molecule has 9 heteroatoms. The first-order valence-electron chi connectivity index (χ1n) is 12.7. The lowest BCUT2D eigenvalue weighted by molar-refractivity contribution is -0.137. The maximum atomic E-state index is 13.3. The molecule has 0 aliphatic carbocycles. The maximum Gasteiger partial charge on any atom is 0.333 e. The zero-order valence-corrected chi connectivity index (χ0v) is 22.0. The number of carbonyl (C=O) groups excluding carboxylic acids is 2. The van der Waals surface area contributed by atoms with Gasteiger partial charge in [0.15, 0.2) is 0 Å². The number of ether oxygens (including phenoxy) is 1. The number of benzene rings is 2. The Bertz CT molecular complexity index is 1570. The quantitative estimate of drug-likeness (QED) is 0.275. The van der Waals surface area contributed by atoms with E-state index >= 15 is 0 Å². The predicted molar refractivity (Wildman–Crippen MR) is 147 cm³/mol. The van der Waals surface area contributed by atoms with Crippen LogP contribution in [0.4, 0.5) is 11.4 Å². The molecule has 2 aromatic carbocycles. The largest absolute Gasteiger partial charge is 0.493 e. The molecule has 0 spiro atoms. The number of aryl methyl sites for hydroxylation is 1. The van der Waals surface area contributed by atoms with Crippen molar-refractivity contribution in [2.45, 2.75) is 33.7 Å². The summed E-state index contributed by atoms with van der Waals surface area (Å²) in [4.78, 5) is 46.8. The second-order valence-electron chi connectivity index (χ2n) is 9.86. The summed E-state index contributed by atoms with van der Waals surface area (Å²) >= 11 is 0. The monoisotopic (exact) mass is 513 g/mol. The van der Waals surface area contributed by atoms with E-state index in [0.717, 1.165) is 16.7 Å². The van der Waals surface area contributed by atoms with Gasteiger partial charge in [-0.05, 0) is 63.6 Å². The Kier molecular flexibility index (Phi) is 6.52. The van der Waals surface area contributed by atoms with Gasteiger partial charge in [0.25, 0.3) is 0 Å². The maximum absolute atomic E-state index is 13.3. The lowest BCUT2D eigenvalue weighted by Gasteiger charge is -2.27. The third-order valence-corrected chi connectivity index (χ3v) is 7.07. The zero-order valence-electron chi connectivity index (χ0n) is 22.0. The van der Waals surface area contributed by atoms with E-state index in [9.17, 15) is 14.4 Å². The molecule has 0 saturated carbocycles. The van der Waals surface area contributed by atoms with Gasteiger partial charge in [-0.15, -0.1) is 0 Å². The molecule has 1 aliphatic heterocycles. The number of carbonyl (C=O) groups is 2. The molecule has 2 aromatic heterocycles. The van der Waals surface area contributed by atoms with Crippen LogP contribution in [0.5, 0.6) is 5.75 Å². The van der Waals surface area contributed by atoms with Gasteiger partial charge in [-0.3, -0.25) is 23.7 Å². The normalized spacial score (nSPS) is 15.1. The SMILES string of the molecule is CCN1C(=O)C(C)(C)C(=O)N(C)c2cc(OCCCn3c(=O)n(-c4cccnc4)c4ccccc43)ccc21. The molecule has 196 valence electrons. The van der Waals surface area contributed by atoms with E-state index in [0.29, 0.717) is 43.2 Å². The first-order chi connectivity index (χ1) is 18.3. The second kappa shape index (κ2) is 9.81. The zero-order chi connectivity index (χ0) is 27.0. The number of amides is 2. The number of rotatable bonds is 7. The smallest absolute Gasteiger partial charge is 0.333 e. The Hall–Kier alpha value is -4.40. The van der Waals surface area contributed by atoms with E-state index in [4.69, 9.17) is 4.74 Å². The average molecular weight is 514 g/mol. The molecule has 0 saturated heterocycles. The molecule has 0 radical (unpaired) electrons. The molecule has 2 amide bonds. The van der Waals surface area contributed by atoms with Crippen molar-refractivity contribution in [1.82, 2.24) is 14.1 Å². The standard InChI is InChI=1S/C29H31N5O4/c1-5-32-23-14-13-21(18-25(23)31(4)26(35)29(2,3)27(32)36)38-17-9-16-33-22-11-6-7-12-24(22)34(28(33)37)20-10-8-15-30-19-20/h6-8,10-15,18-19H,5,9,16-17H2,1-4H3. The van der Waals surface area contributed by atoms with Crippen LogP contribution in [0.3, 0.4) is 0 Å². The first-order valence-corrected chi connectivity index (χ1v) is 12.7. The lowest BCUT2D eigenvalue weighted by atomic mass is 9.90. The molecule has 0 N–H and O–H groups in total. The fraction of sp³-hybridized carbons (Fsp3) is 0.310. The summed E-state index contributed by atoms with van der Waals surface area (Å²) in [6, 6.07) is 16.8. The van der Waals surface area contributed by atoms with Crippen molar-refractivity contribution in [1.29, 1.82) is 0 Å². The third kappa shape index (κ3) is 4.13. The number of hydrogen-bond acceptors (Lipinski definition) is 5. The number of pyridine rings is 1. The number of para-hydroxylation sites is 2. The highest BCUT2D eigenvalue weighted by atomic mass is 16.5. The number of nitrogens with zero attached hydrogens (tertiary/aromatic N) is 5. The van der Waals surface area contributed by atoms with Gasteiger partial charge in [-0.2, -0.15) is 0 Å². The van der Waals surface area contributed by atoms with Crippen LogP contribution in [0.2, 0.25) is 0 Å². The van der Waals surface area contributed by atoms with Crippen LogP contribution in [0.15, 0.2) is 71.8 Å². The number of fused-ring (bicyclic) bond motifs is 2. The highest BCUT2D eigenvalue weighted by Crippen LogP contribution is 2.40. The van der Waals surface area contributed by atoms with Gasteiger partial charge in [-0.1, -0.05) is 12.1 Å². The van der Waals surface area contributed by atoms with Crippen LogP contribution in [0.1, 0.15) is 27.2 Å². The highest BCUT2D eigenvalue weighted by molar-refractivity contribution is 6.20. The van der Waals surface area contributed by atoms with Crippen molar-refractivity contribution in [2.75, 3.05) is 30.0 Å². The first kappa shape index (κ1) is 25.3. The summed E-state index contributed by atoms with van der Waals surface area (Å²) in [6.45, 7) is 6.52. The van der Waals surface area contributed by atoms with Gasteiger partial charge in [0.05, 0.1) is 40.9 Å². The Labute approximate surface area is 220 Å². The molecule has 1 aliphatic rings. The van der Waals surface area contributed by atoms with Crippen molar-refractivity contribution in [2.24, 2.45) is 5.41 Å². The van der Waals surface area contributed by atoms with Gasteiger partial charge in [-0.25, -0.2) is 4.79 Å². The topological polar surface area (TPSA) is 89.7 Å². The minimum atomic E-state index is -1.16. The van der Waals surface area contributed by atoms with Crippen LogP contribution in [0, 0.1) is 5.41 Å². The summed E-state index contributed by atoms with van der Waals surface area (Å²) in [5, 5.41) is 0. The van der Waals surface area contributed by atoms with Crippen molar-refractivity contribution >= 4 is 34.2 Å². The fourth-order valence-electron chi connectivity index (χ4n) is 5.04. The van der Waals surface area contributed by atoms with Crippen molar-refractivity contribution in [3.8, 4) is 11.4 Å². The Morgan fingerprint density at radius 3 is 2.39 bits per heavy atom. The van der Waals surface area contributed by atoms with Gasteiger partial charge in [0.2, 0.25) is 11.8 Å². The number of hydrogen-bond donors (Lipinski definition) is 0. The molecule has 0 unspecified atom stereocenters. The van der Waals surface area contributed by atoms with Crippen molar-refractivity contribution in [3.05, 3.63) is 77.5 Å². The summed E-state index contributed by atoms with van der Waals surface area (Å²) in [5.74, 6) is 0.109. The Balaban J connectivity index is 1.35. The second-order valence-corrected chi connectivity index (χ2v) is 9.86. The number of imidazole rings is 1. The van der Waals surface area contributed by atoms with E-state index in [1.807, 2.05) is 55.5 Å². The summed E-state index contributed by atoms with van der Waals surface area (Å²) in [6.07, 6.45) is 3.95. The van der Waals surface area contributed by atoms with Crippen LogP contribution < -0.4 is 20.2 Å². The molecule has 0 fully saturated rings. The molecular weight excluding hydrogens is 482 g/mol. The summed E-state index contributed by atoms with van der Waals surface area (Å²) in [5.41, 5.74) is 2.41. The highest BCUT2D eigenvalue weighted by Gasteiger charge is 2.45. The van der Waals surface area contributed by atoms with Crippen LogP contribution >= 0.6 is 0 Å². The van der Waals surface area contributed by atoms with Gasteiger partial charge in [0.1, 0.15) is 11.2 Å². The van der Waals surface area contributed by atoms with Gasteiger partial charge >= 0.3 is 5.69 Å². The number of anilines is 2. The minimum Gasteiger partial charge on any atom is -0.493 e. The van der Waals surface area contributed by atoms with E-state index in [1.165, 1.54) is 4.90 Å². The molecule has 9 nitrogen and oxygen atoms in total. The molecule has 0 bridgehead atoms. The van der Waals surface area contributed by atoms with E-state index in [2.05, 4.69) is 4.98 Å². The van der Waals surface area contributed by atoms with E-state index < -0.39 is 5.41 Å². The molecular formula is C29H31N5O4. The number of aromatic nitrogens is 3. The summed E-state index contributed by atoms with van der Waals surface area (Å²) in [7, 11) is 1.68. The molecule has 3 heterocycles. The third-order valence-electron chi connectivity index (χ3n) is 7.07.